The van der Waals surface area contributed by atoms with Crippen molar-refractivity contribution in [1.82, 2.24) is 39.5 Å². The zero-order valence-corrected chi connectivity index (χ0v) is 12.6. The molecule has 0 spiro atoms. The van der Waals surface area contributed by atoms with Gasteiger partial charge in [0.1, 0.15) is 6.33 Å². The zero-order chi connectivity index (χ0) is 19.9. The van der Waals surface area contributed by atoms with E-state index in [9.17, 15) is 30.3 Å². The molecule has 0 atom stereocenters. The van der Waals surface area contributed by atoms with Crippen molar-refractivity contribution in [3.05, 3.63) is 36.7 Å². The van der Waals surface area contributed by atoms with Crippen LogP contribution in [-0.2, 0) is 0 Å². The molecule has 19 nitrogen and oxygen atoms in total. The highest BCUT2D eigenvalue weighted by Gasteiger charge is 2.38. The summed E-state index contributed by atoms with van der Waals surface area (Å²) in [5, 5.41) is 40.7. The lowest BCUT2D eigenvalue weighted by Gasteiger charge is -2.02. The van der Waals surface area contributed by atoms with Gasteiger partial charge in [-0.3, -0.25) is 10.1 Å². The molecule has 4 N–H and O–H groups in total. The first-order valence-corrected chi connectivity index (χ1v) is 6.44. The number of nitrogen functional groups attached to an aromatic ring is 2. The summed E-state index contributed by atoms with van der Waals surface area (Å²) >= 11 is 0. The predicted octanol–water partition coefficient (Wildman–Crippen LogP) is -1.47. The highest BCUT2D eigenvalue weighted by molar-refractivity contribution is 5.59. The largest absolute Gasteiger partial charge is 0.464 e. The number of hydrogen-bond donors (Lipinski definition) is 2. The molecule has 0 saturated heterocycles. The summed E-state index contributed by atoms with van der Waals surface area (Å²) in [5.41, 5.74) is 9.59. The Morgan fingerprint density at radius 3 is 1.52 bits per heavy atom. The molecule has 3 rings (SSSR count). The molecule has 0 unspecified atom stereocenters. The molecule has 0 aliphatic rings. The van der Waals surface area contributed by atoms with Crippen LogP contribution in [0.3, 0.4) is 0 Å². The fraction of sp³-hybridized carbons (Fsp3) is 0. The molecule has 19 heteroatoms. The van der Waals surface area contributed by atoms with E-state index in [1.807, 2.05) is 0 Å². The first kappa shape index (κ1) is 17.0. The third-order valence-corrected chi connectivity index (χ3v) is 2.91. The van der Waals surface area contributed by atoms with Crippen LogP contribution in [0.5, 0.6) is 0 Å². The van der Waals surface area contributed by atoms with Gasteiger partial charge in [0.2, 0.25) is 0 Å². The highest BCUT2D eigenvalue weighted by Crippen LogP contribution is 2.30. The van der Waals surface area contributed by atoms with Crippen molar-refractivity contribution in [3.63, 3.8) is 0 Å². The third kappa shape index (κ3) is 2.75. The normalized spacial score (nSPS) is 10.7. The van der Waals surface area contributed by atoms with Crippen molar-refractivity contribution >= 4 is 29.5 Å². The van der Waals surface area contributed by atoms with Crippen LogP contribution in [0.25, 0.3) is 11.6 Å². The number of nitro groups is 3. The van der Waals surface area contributed by atoms with Gasteiger partial charge in [-0.2, -0.15) is 9.97 Å². The summed E-state index contributed by atoms with van der Waals surface area (Å²) in [7, 11) is 0. The van der Waals surface area contributed by atoms with Crippen LogP contribution < -0.4 is 11.5 Å². The molecule has 0 aromatic carbocycles. The van der Waals surface area contributed by atoms with Crippen LogP contribution in [0.4, 0.5) is 29.5 Å². The molecular weight excluding hydrogens is 374 g/mol. The Kier molecular flexibility index (Phi) is 3.72. The lowest BCUT2D eigenvalue weighted by Crippen LogP contribution is -2.14. The number of anilines is 2. The molecule has 0 aliphatic heterocycles. The maximum Gasteiger partial charge on any atom is 0.464 e. The quantitative estimate of drug-likeness (QED) is 0.378. The Balaban J connectivity index is 2.35. The van der Waals surface area contributed by atoms with Gasteiger partial charge in [0.05, 0.1) is 4.92 Å². The average Bonchev–Trinajstić information content (AvgIpc) is 3.17. The first-order valence-electron chi connectivity index (χ1n) is 6.44. The van der Waals surface area contributed by atoms with Gasteiger partial charge in [-0.1, -0.05) is 9.36 Å². The minimum absolute atomic E-state index is 0.380. The molecule has 3 aromatic rings. The summed E-state index contributed by atoms with van der Waals surface area (Å²) < 4.78 is 0.759. The van der Waals surface area contributed by atoms with Crippen LogP contribution in [0, 0.1) is 30.3 Å². The van der Waals surface area contributed by atoms with Crippen molar-refractivity contribution in [2.75, 3.05) is 11.5 Å². The lowest BCUT2D eigenvalue weighted by atomic mass is 10.4. The number of aromatic nitrogens is 8. The van der Waals surface area contributed by atoms with E-state index in [1.165, 1.54) is 0 Å². The van der Waals surface area contributed by atoms with Crippen LogP contribution in [0.2, 0.25) is 0 Å². The molecule has 0 bridgehead atoms. The molecule has 0 saturated carbocycles. The van der Waals surface area contributed by atoms with Gasteiger partial charge in [-0.25, -0.2) is 0 Å². The maximum absolute atomic E-state index is 11.6. The molecule has 3 heterocycles. The second-order valence-electron chi connectivity index (χ2n) is 4.50. The summed E-state index contributed by atoms with van der Waals surface area (Å²) in [6.07, 6.45) is 0.737. The van der Waals surface area contributed by atoms with E-state index in [4.69, 9.17) is 11.5 Å². The number of nitrogens with zero attached hydrogens (tertiary/aromatic N) is 11. The maximum atomic E-state index is 11.6. The van der Waals surface area contributed by atoms with E-state index in [2.05, 4.69) is 30.1 Å². The first-order chi connectivity index (χ1) is 12.7. The Morgan fingerprint density at radius 1 is 0.778 bits per heavy atom. The van der Waals surface area contributed by atoms with Crippen molar-refractivity contribution in [1.29, 1.82) is 0 Å². The van der Waals surface area contributed by atoms with Gasteiger partial charge in [0, 0.05) is 0 Å². The van der Waals surface area contributed by atoms with E-state index in [1.54, 1.807) is 0 Å². The number of hydrogen-bond acceptors (Lipinski definition) is 14. The summed E-state index contributed by atoms with van der Waals surface area (Å²) in [5.74, 6) is -4.55. The van der Waals surface area contributed by atoms with E-state index >= 15 is 0 Å². The summed E-state index contributed by atoms with van der Waals surface area (Å²) in [6.45, 7) is 0. The van der Waals surface area contributed by atoms with Crippen molar-refractivity contribution < 1.29 is 14.8 Å². The molecule has 138 valence electrons. The fourth-order valence-corrected chi connectivity index (χ4v) is 1.99. The minimum atomic E-state index is -1.05. The van der Waals surface area contributed by atoms with E-state index in [-0.39, 0.29) is 0 Å². The Labute approximate surface area is 144 Å². The van der Waals surface area contributed by atoms with Crippen LogP contribution in [-0.4, -0.2) is 54.3 Å². The van der Waals surface area contributed by atoms with Crippen molar-refractivity contribution in [2.24, 2.45) is 0 Å². The molecule has 0 fully saturated rings. The lowest BCUT2D eigenvalue weighted by molar-refractivity contribution is -0.398. The smallest absolute Gasteiger partial charge is 0.390 e. The molecule has 3 aromatic heterocycles. The van der Waals surface area contributed by atoms with Crippen molar-refractivity contribution in [3.8, 4) is 11.6 Å². The summed E-state index contributed by atoms with van der Waals surface area (Å²) in [6, 6.07) is 0. The molecule has 0 radical (unpaired) electrons. The second-order valence-corrected chi connectivity index (χ2v) is 4.50. The Hall–Kier alpha value is -4.84. The topological polar surface area (TPSA) is 269 Å². The zero-order valence-electron chi connectivity index (χ0n) is 12.6. The van der Waals surface area contributed by atoms with Crippen LogP contribution >= 0.6 is 0 Å². The van der Waals surface area contributed by atoms with Crippen LogP contribution in [0.15, 0.2) is 6.33 Å². The highest BCUT2D eigenvalue weighted by atomic mass is 16.6. The van der Waals surface area contributed by atoms with Gasteiger partial charge in [-0.05, 0) is 30.0 Å². The van der Waals surface area contributed by atoms with Gasteiger partial charge >= 0.3 is 41.1 Å². The average molecular weight is 379 g/mol. The Bertz CT molecular complexity index is 1020. The van der Waals surface area contributed by atoms with E-state index in [0.29, 0.717) is 9.36 Å². The molecule has 0 aliphatic carbocycles. The third-order valence-electron chi connectivity index (χ3n) is 2.91. The molecular formula is C8H5N13O6. The minimum Gasteiger partial charge on any atom is -0.390 e. The van der Waals surface area contributed by atoms with E-state index < -0.39 is 55.9 Å². The van der Waals surface area contributed by atoms with E-state index in [0.717, 1.165) is 6.33 Å². The number of rotatable bonds is 5. The molecule has 0 amide bonds. The standard InChI is InChI=1S/C8H5N13O6/c9-5-13-7(20(24)25)17(15-5)3-2(19(22)23)4(12-1-11-3)18-8(21(26)27)14-6(10)16-18/h1H,(H2,9,15)(H2,10,16). The van der Waals surface area contributed by atoms with Gasteiger partial charge in [0.15, 0.2) is 0 Å². The Morgan fingerprint density at radius 2 is 1.19 bits per heavy atom. The van der Waals surface area contributed by atoms with Crippen LogP contribution in [0.1, 0.15) is 0 Å². The second kappa shape index (κ2) is 5.91. The molecule has 27 heavy (non-hydrogen) atoms. The monoisotopic (exact) mass is 379 g/mol. The van der Waals surface area contributed by atoms with Crippen molar-refractivity contribution in [2.45, 2.75) is 0 Å². The predicted molar refractivity (Wildman–Crippen MR) is 80.7 cm³/mol. The van der Waals surface area contributed by atoms with Gasteiger partial charge in [0.25, 0.3) is 0 Å². The van der Waals surface area contributed by atoms with Gasteiger partial charge in [-0.15, -0.1) is 0 Å². The summed E-state index contributed by atoms with van der Waals surface area (Å²) in [4.78, 5) is 44.4. The fourth-order valence-electron chi connectivity index (χ4n) is 1.99. The number of nitrogens with two attached hydrogens (primary N) is 2. The van der Waals surface area contributed by atoms with Gasteiger partial charge < -0.3 is 31.7 Å². The SMILES string of the molecule is Nc1nc([N+](=O)[O-])n(-c2ncnc(-n3nc(N)nc3[N+](=O)[O-])c2[N+](=O)[O-])n1.